The second kappa shape index (κ2) is 16.9. The third-order valence-corrected chi connectivity index (χ3v) is 12.9. The predicted molar refractivity (Wildman–Crippen MR) is 207 cm³/mol. The Bertz CT molecular complexity index is 1690. The molecule has 1 aliphatic rings. The molecule has 5 rings (SSSR count). The van der Waals surface area contributed by atoms with Gasteiger partial charge in [-0.1, -0.05) is 57.5 Å². The van der Waals surface area contributed by atoms with Crippen molar-refractivity contribution in [2.24, 2.45) is 5.73 Å². The number of fused-ring (bicyclic) bond motifs is 1. The molecule has 1 saturated carbocycles. The Labute approximate surface area is 304 Å². The molecule has 278 valence electrons. The molecule has 0 spiro atoms. The first kappa shape index (κ1) is 38.8. The number of aromatic nitrogens is 5. The third-order valence-electron chi connectivity index (χ3n) is 9.52. The van der Waals surface area contributed by atoms with Crippen molar-refractivity contribution in [3.05, 3.63) is 60.7 Å². The van der Waals surface area contributed by atoms with Gasteiger partial charge in [0.15, 0.2) is 5.65 Å². The second-order valence-electron chi connectivity index (χ2n) is 16.1. The first-order chi connectivity index (χ1) is 24.3. The lowest BCUT2D eigenvalue weighted by Crippen LogP contribution is -2.49. The number of nitrogens with zero attached hydrogens (tertiary/aromatic N) is 6. The lowest BCUT2D eigenvalue weighted by atomic mass is 9.77. The zero-order valence-corrected chi connectivity index (χ0v) is 33.6. The highest BCUT2D eigenvalue weighted by Crippen LogP contribution is 2.41. The Morgan fingerprint density at radius 3 is 2.16 bits per heavy atom. The van der Waals surface area contributed by atoms with Gasteiger partial charge in [-0.05, 0) is 49.9 Å². The lowest BCUT2D eigenvalue weighted by molar-refractivity contribution is -0.151. The van der Waals surface area contributed by atoms with E-state index in [2.05, 4.69) is 55.3 Å². The summed E-state index contributed by atoms with van der Waals surface area (Å²) in [5.41, 5.74) is 9.34. The van der Waals surface area contributed by atoms with E-state index in [0.29, 0.717) is 65.6 Å². The van der Waals surface area contributed by atoms with E-state index in [1.807, 2.05) is 58.1 Å². The van der Waals surface area contributed by atoms with E-state index in [1.165, 1.54) is 0 Å². The highest BCUT2D eigenvalue weighted by atomic mass is 28.3. The summed E-state index contributed by atoms with van der Waals surface area (Å²) < 4.78 is 27.7. The summed E-state index contributed by atoms with van der Waals surface area (Å²) >= 11 is 0. The maximum absolute atomic E-state index is 12.7. The number of nitrogens with two attached hydrogens (primary N) is 1. The first-order valence-electron chi connectivity index (χ1n) is 18.1. The van der Waals surface area contributed by atoms with Crippen molar-refractivity contribution in [3.63, 3.8) is 0 Å². The second-order valence-corrected chi connectivity index (χ2v) is 27.3. The van der Waals surface area contributed by atoms with E-state index in [-0.39, 0.29) is 5.92 Å². The molecule has 0 radical (unpaired) electrons. The fourth-order valence-corrected chi connectivity index (χ4v) is 7.74. The Morgan fingerprint density at radius 1 is 0.922 bits per heavy atom. The molecule has 51 heavy (non-hydrogen) atoms. The monoisotopic (exact) mass is 735 g/mol. The van der Waals surface area contributed by atoms with Crippen molar-refractivity contribution >= 4 is 33.5 Å². The van der Waals surface area contributed by atoms with Gasteiger partial charge in [-0.15, -0.1) is 0 Å². The Kier molecular flexibility index (Phi) is 12.9. The molecule has 1 amide bonds. The normalized spacial score (nSPS) is 18.4. The van der Waals surface area contributed by atoms with Crippen molar-refractivity contribution in [2.45, 2.75) is 88.6 Å². The molecule has 3 heterocycles. The molecule has 14 heteroatoms. The van der Waals surface area contributed by atoms with Gasteiger partial charge in [0.25, 0.3) is 0 Å². The molecule has 4 aromatic rings. The average molecular weight is 736 g/mol. The molecule has 3 aromatic heterocycles. The number of primary amides is 1. The van der Waals surface area contributed by atoms with Crippen LogP contribution in [0, 0.1) is 0 Å². The topological polar surface area (TPSA) is 131 Å². The van der Waals surface area contributed by atoms with Crippen LogP contribution >= 0.6 is 0 Å². The predicted octanol–water partition coefficient (Wildman–Crippen LogP) is 6.56. The number of amides is 1. The van der Waals surface area contributed by atoms with Crippen LogP contribution in [-0.4, -0.2) is 99.0 Å². The van der Waals surface area contributed by atoms with E-state index in [4.69, 9.17) is 34.8 Å². The minimum Gasteiger partial charge on any atom is -0.382 e. The fourth-order valence-electron chi connectivity index (χ4n) is 6.22. The van der Waals surface area contributed by atoms with Gasteiger partial charge in [0.1, 0.15) is 24.9 Å². The Morgan fingerprint density at radius 2 is 1.57 bits per heavy atom. The van der Waals surface area contributed by atoms with Gasteiger partial charge in [-0.2, -0.15) is 14.7 Å². The maximum atomic E-state index is 12.7. The molecule has 12 nitrogen and oxygen atoms in total. The number of para-hydroxylation sites is 1. The summed E-state index contributed by atoms with van der Waals surface area (Å²) in [5, 5.41) is 9.56. The standard InChI is InChI=1S/C37H57N7O5Si2/c1-46-17-18-49-37(36(38)45)15-13-29(14-16-37)33-23-34(42(27-47-19-21-50(2,3)4)28-48-20-22-51(5,6)7)44-35(41-33)32(25-40-44)30-24-39-43(26-30)31-11-9-8-10-12-31/h8-12,23-26,29H,13-22,27-28H2,1-7H3,(H2,38,45). The number of carbonyl (C=O) groups excluding carboxylic acids is 1. The van der Waals surface area contributed by atoms with Gasteiger partial charge in [0, 0.05) is 71.5 Å². The summed E-state index contributed by atoms with van der Waals surface area (Å²) in [5.74, 6) is 0.511. The number of hydrogen-bond acceptors (Lipinski definition) is 9. The summed E-state index contributed by atoms with van der Waals surface area (Å²) in [6, 6.07) is 14.3. The number of hydrogen-bond donors (Lipinski definition) is 1. The zero-order valence-electron chi connectivity index (χ0n) is 31.6. The summed E-state index contributed by atoms with van der Waals surface area (Å²) in [6.45, 7) is 17.0. The molecule has 0 saturated heterocycles. The molecule has 1 aromatic carbocycles. The Hall–Kier alpha value is -3.41. The highest BCUT2D eigenvalue weighted by molar-refractivity contribution is 6.76. The maximum Gasteiger partial charge on any atom is 0.249 e. The van der Waals surface area contributed by atoms with Crippen molar-refractivity contribution in [3.8, 4) is 16.8 Å². The summed E-state index contributed by atoms with van der Waals surface area (Å²) in [4.78, 5) is 20.1. The number of ether oxygens (including phenoxy) is 4. The van der Waals surface area contributed by atoms with Crippen LogP contribution in [0.5, 0.6) is 0 Å². The van der Waals surface area contributed by atoms with E-state index >= 15 is 0 Å². The van der Waals surface area contributed by atoms with Gasteiger partial charge in [-0.3, -0.25) is 4.79 Å². The Balaban J connectivity index is 1.51. The van der Waals surface area contributed by atoms with Gasteiger partial charge in [-0.25, -0.2) is 9.67 Å². The zero-order chi connectivity index (χ0) is 36.6. The van der Waals surface area contributed by atoms with E-state index in [9.17, 15) is 4.79 Å². The van der Waals surface area contributed by atoms with Crippen molar-refractivity contribution in [1.29, 1.82) is 0 Å². The molecule has 1 aliphatic carbocycles. The lowest BCUT2D eigenvalue weighted by Gasteiger charge is -2.37. The average Bonchev–Trinajstić information content (AvgIpc) is 3.75. The minimum atomic E-state index is -1.28. The van der Waals surface area contributed by atoms with Crippen molar-refractivity contribution in [1.82, 2.24) is 24.4 Å². The molecule has 2 N–H and O–H groups in total. The molecule has 0 bridgehead atoms. The smallest absolute Gasteiger partial charge is 0.249 e. The third kappa shape index (κ3) is 10.4. The van der Waals surface area contributed by atoms with Gasteiger partial charge < -0.3 is 29.6 Å². The molecule has 0 atom stereocenters. The molecule has 0 aliphatic heterocycles. The number of methoxy groups -OCH3 is 1. The molecule has 1 fully saturated rings. The first-order valence-corrected chi connectivity index (χ1v) is 25.5. The van der Waals surface area contributed by atoms with E-state index in [0.717, 1.165) is 46.1 Å². The number of rotatable bonds is 19. The summed E-state index contributed by atoms with van der Waals surface area (Å²) in [6.07, 6.45) is 8.16. The molecular formula is C37H57N7O5Si2. The molecule has 0 unspecified atom stereocenters. The number of benzene rings is 1. The summed E-state index contributed by atoms with van der Waals surface area (Å²) in [7, 11) is -0.942. The van der Waals surface area contributed by atoms with Crippen LogP contribution in [0.4, 0.5) is 5.82 Å². The largest absolute Gasteiger partial charge is 0.382 e. The van der Waals surface area contributed by atoms with Crippen LogP contribution in [0.1, 0.15) is 37.3 Å². The van der Waals surface area contributed by atoms with E-state index < -0.39 is 27.7 Å². The minimum absolute atomic E-state index is 0.0875. The van der Waals surface area contributed by atoms with Gasteiger partial charge in [0.05, 0.1) is 31.3 Å². The van der Waals surface area contributed by atoms with Crippen LogP contribution in [0.25, 0.3) is 22.5 Å². The number of carbonyl (C=O) groups is 1. The SMILES string of the molecule is COCCOC1(C(N)=O)CCC(c2cc(N(COCC[Si](C)(C)C)COCC[Si](C)(C)C)n3ncc(-c4cnn(-c5ccccc5)c4)c3n2)CC1. The van der Waals surface area contributed by atoms with Crippen LogP contribution < -0.4 is 10.6 Å². The van der Waals surface area contributed by atoms with Crippen LogP contribution in [-0.2, 0) is 23.7 Å². The number of anilines is 1. The van der Waals surface area contributed by atoms with Crippen LogP contribution in [0.15, 0.2) is 55.0 Å². The van der Waals surface area contributed by atoms with Crippen LogP contribution in [0.3, 0.4) is 0 Å². The van der Waals surface area contributed by atoms with Crippen LogP contribution in [0.2, 0.25) is 51.4 Å². The van der Waals surface area contributed by atoms with Gasteiger partial charge >= 0.3 is 0 Å². The van der Waals surface area contributed by atoms with Crippen molar-refractivity contribution in [2.75, 3.05) is 51.9 Å². The quantitative estimate of drug-likeness (QED) is 0.0647. The van der Waals surface area contributed by atoms with E-state index in [1.54, 1.807) is 7.11 Å². The fraction of sp³-hybridized carbons (Fsp3) is 0.568. The van der Waals surface area contributed by atoms with Crippen molar-refractivity contribution < 1.29 is 23.7 Å². The van der Waals surface area contributed by atoms with Gasteiger partial charge in [0.2, 0.25) is 5.91 Å². The molecular weight excluding hydrogens is 679 g/mol. The highest BCUT2D eigenvalue weighted by Gasteiger charge is 2.42.